The smallest absolute Gasteiger partial charge is 0.276 e. The van der Waals surface area contributed by atoms with Crippen molar-refractivity contribution in [1.82, 2.24) is 15.0 Å². The van der Waals surface area contributed by atoms with Crippen molar-refractivity contribution in [3.05, 3.63) is 47.5 Å². The molecule has 2 aromatic heterocycles. The molecular weight excluding hydrogens is 284 g/mol. The summed E-state index contributed by atoms with van der Waals surface area (Å²) in [4.78, 5) is 23.8. The number of halogens is 1. The average molecular weight is 291 g/mol. The van der Waals surface area contributed by atoms with E-state index in [0.29, 0.717) is 15.8 Å². The van der Waals surface area contributed by atoms with Crippen molar-refractivity contribution in [2.75, 3.05) is 5.32 Å². The Bertz CT molecular complexity index is 744. The van der Waals surface area contributed by atoms with Crippen molar-refractivity contribution in [2.45, 2.75) is 0 Å². The molecule has 2 heterocycles. The van der Waals surface area contributed by atoms with Crippen LogP contribution >= 0.6 is 22.9 Å². The van der Waals surface area contributed by atoms with Crippen LogP contribution in [0.2, 0.25) is 5.02 Å². The van der Waals surface area contributed by atoms with Crippen molar-refractivity contribution in [3.8, 4) is 0 Å². The summed E-state index contributed by atoms with van der Waals surface area (Å²) in [5.41, 5.74) is 1.10. The van der Waals surface area contributed by atoms with E-state index < -0.39 is 0 Å². The summed E-state index contributed by atoms with van der Waals surface area (Å²) in [5, 5.41) is 3.86. The number of nitrogens with one attached hydrogen (secondary N) is 1. The highest BCUT2D eigenvalue weighted by Gasteiger charge is 2.10. The minimum atomic E-state index is -0.312. The van der Waals surface area contributed by atoms with Crippen LogP contribution in [0.15, 0.2) is 36.8 Å². The summed E-state index contributed by atoms with van der Waals surface area (Å²) in [7, 11) is 0. The third kappa shape index (κ3) is 2.54. The number of hydrogen-bond donors (Lipinski definition) is 1. The number of carbonyl (C=O) groups excluding carboxylic acids is 1. The van der Waals surface area contributed by atoms with Crippen LogP contribution in [-0.4, -0.2) is 20.9 Å². The van der Waals surface area contributed by atoms with E-state index in [1.54, 1.807) is 12.1 Å². The van der Waals surface area contributed by atoms with Gasteiger partial charge in [0.25, 0.3) is 5.91 Å². The fourth-order valence-corrected chi connectivity index (χ4v) is 2.68. The van der Waals surface area contributed by atoms with Gasteiger partial charge < -0.3 is 0 Å². The zero-order chi connectivity index (χ0) is 13.2. The van der Waals surface area contributed by atoms with Gasteiger partial charge in [-0.15, -0.1) is 0 Å². The molecule has 0 saturated heterocycles. The molecule has 3 rings (SSSR count). The number of benzene rings is 1. The fourth-order valence-electron chi connectivity index (χ4n) is 1.54. The predicted octanol–water partition coefficient (Wildman–Crippen LogP) is 2.99. The SMILES string of the molecule is O=C(Nc1nc2ccc(Cl)cc2s1)c1ccncn1. The average Bonchev–Trinajstić information content (AvgIpc) is 2.81. The molecule has 1 aromatic carbocycles. The van der Waals surface area contributed by atoms with Gasteiger partial charge in [-0.1, -0.05) is 22.9 Å². The van der Waals surface area contributed by atoms with Gasteiger partial charge in [-0.2, -0.15) is 0 Å². The van der Waals surface area contributed by atoms with E-state index >= 15 is 0 Å². The second kappa shape index (κ2) is 4.91. The number of rotatable bonds is 2. The molecule has 0 saturated carbocycles. The molecule has 0 aliphatic rings. The summed E-state index contributed by atoms with van der Waals surface area (Å²) < 4.78 is 0.922. The summed E-state index contributed by atoms with van der Waals surface area (Å²) in [6.45, 7) is 0. The summed E-state index contributed by atoms with van der Waals surface area (Å²) in [6.07, 6.45) is 2.84. The Morgan fingerprint density at radius 2 is 2.21 bits per heavy atom. The first kappa shape index (κ1) is 12.0. The Balaban J connectivity index is 1.87. The third-order valence-corrected chi connectivity index (χ3v) is 3.55. The van der Waals surface area contributed by atoms with Gasteiger partial charge in [0, 0.05) is 11.2 Å². The number of thiazole rings is 1. The molecule has 0 fully saturated rings. The first-order chi connectivity index (χ1) is 9.22. The molecule has 1 amide bonds. The second-order valence-corrected chi connectivity index (χ2v) is 5.15. The van der Waals surface area contributed by atoms with Crippen LogP contribution in [0, 0.1) is 0 Å². The highest BCUT2D eigenvalue weighted by Crippen LogP contribution is 2.28. The lowest BCUT2D eigenvalue weighted by molar-refractivity contribution is 0.102. The molecule has 3 aromatic rings. The number of anilines is 1. The van der Waals surface area contributed by atoms with Crippen molar-refractivity contribution < 1.29 is 4.79 Å². The number of nitrogens with zero attached hydrogens (tertiary/aromatic N) is 3. The number of amides is 1. The first-order valence-corrected chi connectivity index (χ1v) is 6.55. The summed E-state index contributed by atoms with van der Waals surface area (Å²) >= 11 is 7.27. The number of hydrogen-bond acceptors (Lipinski definition) is 5. The van der Waals surface area contributed by atoms with E-state index in [0.717, 1.165) is 10.2 Å². The molecule has 1 N–H and O–H groups in total. The summed E-state index contributed by atoms with van der Waals surface area (Å²) in [5.74, 6) is -0.312. The lowest BCUT2D eigenvalue weighted by Crippen LogP contribution is -2.13. The van der Waals surface area contributed by atoms with Crippen LogP contribution in [-0.2, 0) is 0 Å². The molecule has 0 atom stereocenters. The molecule has 0 spiro atoms. The van der Waals surface area contributed by atoms with E-state index in [1.807, 2.05) is 12.1 Å². The van der Waals surface area contributed by atoms with Gasteiger partial charge >= 0.3 is 0 Å². The number of aromatic nitrogens is 3. The normalized spacial score (nSPS) is 10.6. The van der Waals surface area contributed by atoms with E-state index in [-0.39, 0.29) is 5.91 Å². The van der Waals surface area contributed by atoms with Gasteiger partial charge in [-0.05, 0) is 24.3 Å². The van der Waals surface area contributed by atoms with E-state index in [2.05, 4.69) is 20.3 Å². The molecular formula is C12H7ClN4OS. The maximum Gasteiger partial charge on any atom is 0.276 e. The van der Waals surface area contributed by atoms with Crippen LogP contribution < -0.4 is 5.32 Å². The molecule has 0 unspecified atom stereocenters. The van der Waals surface area contributed by atoms with E-state index in [9.17, 15) is 4.79 Å². The van der Waals surface area contributed by atoms with Crippen LogP contribution in [0.4, 0.5) is 5.13 Å². The Kier molecular flexibility index (Phi) is 3.10. The minimum absolute atomic E-state index is 0.298. The molecule has 7 heteroatoms. The van der Waals surface area contributed by atoms with Crippen molar-refractivity contribution >= 4 is 44.2 Å². The van der Waals surface area contributed by atoms with Crippen LogP contribution in [0.5, 0.6) is 0 Å². The maximum absolute atomic E-state index is 11.9. The molecule has 5 nitrogen and oxygen atoms in total. The third-order valence-electron chi connectivity index (χ3n) is 2.39. The molecule has 0 aliphatic heterocycles. The topological polar surface area (TPSA) is 67.8 Å². The highest BCUT2D eigenvalue weighted by molar-refractivity contribution is 7.22. The van der Waals surface area contributed by atoms with Gasteiger partial charge in [0.2, 0.25) is 0 Å². The lowest BCUT2D eigenvalue weighted by Gasteiger charge is -1.98. The second-order valence-electron chi connectivity index (χ2n) is 3.68. The van der Waals surface area contributed by atoms with Gasteiger partial charge in [-0.3, -0.25) is 10.1 Å². The minimum Gasteiger partial charge on any atom is -0.296 e. The quantitative estimate of drug-likeness (QED) is 0.788. The molecule has 94 valence electrons. The fraction of sp³-hybridized carbons (Fsp3) is 0. The lowest BCUT2D eigenvalue weighted by atomic mass is 10.3. The number of carbonyl (C=O) groups is 1. The van der Waals surface area contributed by atoms with E-state index in [4.69, 9.17) is 11.6 Å². The van der Waals surface area contributed by atoms with Gasteiger partial charge in [0.05, 0.1) is 10.2 Å². The Morgan fingerprint density at radius 1 is 1.32 bits per heavy atom. The number of fused-ring (bicyclic) bond motifs is 1. The van der Waals surface area contributed by atoms with Crippen LogP contribution in [0.1, 0.15) is 10.5 Å². The largest absolute Gasteiger partial charge is 0.296 e. The van der Waals surface area contributed by atoms with Crippen molar-refractivity contribution in [3.63, 3.8) is 0 Å². The zero-order valence-corrected chi connectivity index (χ0v) is 11.1. The Morgan fingerprint density at radius 3 is 3.00 bits per heavy atom. The first-order valence-electron chi connectivity index (χ1n) is 5.36. The monoisotopic (exact) mass is 290 g/mol. The Hall–Kier alpha value is -2.05. The standard InChI is InChI=1S/C12H7ClN4OS/c13-7-1-2-8-10(5-7)19-12(16-8)17-11(18)9-3-4-14-6-15-9/h1-6H,(H,16,17,18). The zero-order valence-electron chi connectivity index (χ0n) is 9.50. The van der Waals surface area contributed by atoms with Gasteiger partial charge in [0.15, 0.2) is 5.13 Å². The maximum atomic E-state index is 11.9. The predicted molar refractivity (Wildman–Crippen MR) is 74.6 cm³/mol. The van der Waals surface area contributed by atoms with Crippen molar-refractivity contribution in [1.29, 1.82) is 0 Å². The molecule has 0 radical (unpaired) electrons. The molecule has 0 aliphatic carbocycles. The molecule has 19 heavy (non-hydrogen) atoms. The van der Waals surface area contributed by atoms with E-state index in [1.165, 1.54) is 23.9 Å². The van der Waals surface area contributed by atoms with Gasteiger partial charge in [0.1, 0.15) is 12.0 Å². The highest BCUT2D eigenvalue weighted by atomic mass is 35.5. The summed E-state index contributed by atoms with van der Waals surface area (Å²) in [6, 6.07) is 6.93. The van der Waals surface area contributed by atoms with Crippen LogP contribution in [0.3, 0.4) is 0 Å². The van der Waals surface area contributed by atoms with Gasteiger partial charge in [-0.25, -0.2) is 15.0 Å². The Labute approximate surface area is 117 Å². The van der Waals surface area contributed by atoms with Crippen molar-refractivity contribution in [2.24, 2.45) is 0 Å². The van der Waals surface area contributed by atoms with Crippen LogP contribution in [0.25, 0.3) is 10.2 Å². The molecule has 0 bridgehead atoms.